The molecule has 1 aromatic heterocycles. The Kier molecular flexibility index (Phi) is 3.71. The number of hydrogen-bond acceptors (Lipinski definition) is 4. The summed E-state index contributed by atoms with van der Waals surface area (Å²) in [5.41, 5.74) is 0.576. The van der Waals surface area contributed by atoms with Gasteiger partial charge in [0.2, 0.25) is 5.78 Å². The molecule has 3 atom stereocenters. The number of piperidine rings is 1. The van der Waals surface area contributed by atoms with Gasteiger partial charge in [0.1, 0.15) is 5.69 Å². The van der Waals surface area contributed by atoms with Crippen molar-refractivity contribution >= 4 is 21.7 Å². The standard InChI is InChI=1S/C13H19BrN4O/c1-18-11(13(14)16-17-18)12(19)10-7-6-8-4-2-3-5-9(8)15-10/h8-10,15H,2-7H2,1H3. The Bertz CT molecular complexity index is 467. The summed E-state index contributed by atoms with van der Waals surface area (Å²) in [6.07, 6.45) is 7.24. The van der Waals surface area contributed by atoms with Crippen LogP contribution in [0.2, 0.25) is 0 Å². The summed E-state index contributed by atoms with van der Waals surface area (Å²) in [5, 5.41) is 11.3. The van der Waals surface area contributed by atoms with Gasteiger partial charge in [0, 0.05) is 13.1 Å². The maximum Gasteiger partial charge on any atom is 0.200 e. The number of rotatable bonds is 2. The first-order chi connectivity index (χ1) is 9.16. The fraction of sp³-hybridized carbons (Fsp3) is 0.769. The van der Waals surface area contributed by atoms with Crippen LogP contribution >= 0.6 is 15.9 Å². The number of fused-ring (bicyclic) bond motifs is 1. The zero-order chi connectivity index (χ0) is 13.4. The van der Waals surface area contributed by atoms with Gasteiger partial charge in [-0.1, -0.05) is 18.1 Å². The Morgan fingerprint density at radius 1 is 1.32 bits per heavy atom. The Morgan fingerprint density at radius 2 is 2.11 bits per heavy atom. The maximum atomic E-state index is 12.6. The summed E-state index contributed by atoms with van der Waals surface area (Å²) in [4.78, 5) is 12.6. The minimum absolute atomic E-state index is 0.0761. The fourth-order valence-electron chi connectivity index (χ4n) is 3.46. The SMILES string of the molecule is Cn1nnc(Br)c1C(=O)C1CCC2CCCCC2N1. The summed E-state index contributed by atoms with van der Waals surface area (Å²) >= 11 is 3.31. The van der Waals surface area contributed by atoms with Crippen molar-refractivity contribution in [1.29, 1.82) is 0 Å². The summed E-state index contributed by atoms with van der Waals surface area (Å²) in [6.45, 7) is 0. The first-order valence-corrected chi connectivity index (χ1v) is 7.81. The molecule has 3 unspecified atom stereocenters. The molecule has 1 aliphatic heterocycles. The van der Waals surface area contributed by atoms with Gasteiger partial charge >= 0.3 is 0 Å². The van der Waals surface area contributed by atoms with E-state index in [9.17, 15) is 4.79 Å². The van der Waals surface area contributed by atoms with Crippen LogP contribution in [0.1, 0.15) is 49.0 Å². The molecule has 0 bridgehead atoms. The second-order valence-electron chi connectivity index (χ2n) is 5.66. The van der Waals surface area contributed by atoms with Crippen LogP contribution in [0.15, 0.2) is 4.60 Å². The van der Waals surface area contributed by atoms with Crippen LogP contribution in [0.4, 0.5) is 0 Å². The van der Waals surface area contributed by atoms with Gasteiger partial charge in [-0.15, -0.1) is 5.10 Å². The average molecular weight is 327 g/mol. The smallest absolute Gasteiger partial charge is 0.200 e. The number of carbonyl (C=O) groups is 1. The van der Waals surface area contributed by atoms with E-state index in [0.29, 0.717) is 16.3 Å². The van der Waals surface area contributed by atoms with E-state index in [0.717, 1.165) is 18.8 Å². The third kappa shape index (κ3) is 2.48. The summed E-state index contributed by atoms with van der Waals surface area (Å²) in [6, 6.07) is 0.448. The zero-order valence-electron chi connectivity index (χ0n) is 11.1. The summed E-state index contributed by atoms with van der Waals surface area (Å²) in [7, 11) is 1.76. The Balaban J connectivity index is 1.74. The van der Waals surface area contributed by atoms with E-state index in [2.05, 4.69) is 31.6 Å². The van der Waals surface area contributed by atoms with Crippen molar-refractivity contribution < 1.29 is 4.79 Å². The number of aryl methyl sites for hydroxylation is 1. The number of hydrogen-bond donors (Lipinski definition) is 1. The topological polar surface area (TPSA) is 59.8 Å². The predicted octanol–water partition coefficient (Wildman–Crippen LogP) is 2.07. The van der Waals surface area contributed by atoms with Gasteiger partial charge in [-0.2, -0.15) is 0 Å². The molecule has 19 heavy (non-hydrogen) atoms. The molecule has 1 aliphatic carbocycles. The third-order valence-corrected chi connectivity index (χ3v) is 5.02. The molecule has 104 valence electrons. The Morgan fingerprint density at radius 3 is 2.84 bits per heavy atom. The van der Waals surface area contributed by atoms with Crippen LogP contribution in [0.3, 0.4) is 0 Å². The number of nitrogens with one attached hydrogen (secondary N) is 1. The quantitative estimate of drug-likeness (QED) is 0.845. The highest BCUT2D eigenvalue weighted by Crippen LogP contribution is 2.33. The van der Waals surface area contributed by atoms with Gasteiger partial charge in [0.05, 0.1) is 6.04 Å². The molecule has 3 rings (SSSR count). The van der Waals surface area contributed by atoms with Gasteiger partial charge in [-0.25, -0.2) is 4.68 Å². The molecule has 6 heteroatoms. The van der Waals surface area contributed by atoms with Crippen LogP contribution in [0.25, 0.3) is 0 Å². The lowest BCUT2D eigenvalue weighted by Crippen LogP contribution is -2.52. The van der Waals surface area contributed by atoms with Crippen LogP contribution < -0.4 is 5.32 Å². The molecule has 0 aromatic carbocycles. The molecule has 0 radical (unpaired) electrons. The minimum atomic E-state index is -0.0761. The van der Waals surface area contributed by atoms with Crippen LogP contribution in [-0.2, 0) is 7.05 Å². The molecule has 0 amide bonds. The van der Waals surface area contributed by atoms with E-state index in [-0.39, 0.29) is 11.8 Å². The van der Waals surface area contributed by atoms with Crippen LogP contribution in [0.5, 0.6) is 0 Å². The van der Waals surface area contributed by atoms with E-state index in [4.69, 9.17) is 0 Å². The van der Waals surface area contributed by atoms with Crippen LogP contribution in [-0.4, -0.2) is 32.9 Å². The van der Waals surface area contributed by atoms with Crippen molar-refractivity contribution in [2.24, 2.45) is 13.0 Å². The van der Waals surface area contributed by atoms with Crippen molar-refractivity contribution in [1.82, 2.24) is 20.3 Å². The molecule has 2 aliphatic rings. The molecule has 0 spiro atoms. The van der Waals surface area contributed by atoms with Crippen molar-refractivity contribution in [3.05, 3.63) is 10.3 Å². The van der Waals surface area contributed by atoms with Crippen molar-refractivity contribution in [3.8, 4) is 0 Å². The summed E-state index contributed by atoms with van der Waals surface area (Å²) < 4.78 is 2.11. The van der Waals surface area contributed by atoms with Gasteiger partial charge < -0.3 is 5.32 Å². The van der Waals surface area contributed by atoms with Gasteiger partial charge in [-0.05, 0) is 47.5 Å². The fourth-order valence-corrected chi connectivity index (χ4v) is 3.98. The highest BCUT2D eigenvalue weighted by Gasteiger charge is 2.36. The number of ketones is 1. The zero-order valence-corrected chi connectivity index (χ0v) is 12.7. The minimum Gasteiger partial charge on any atom is -0.304 e. The van der Waals surface area contributed by atoms with E-state index in [1.54, 1.807) is 11.7 Å². The molecule has 1 aromatic rings. The van der Waals surface area contributed by atoms with Gasteiger partial charge in [-0.3, -0.25) is 4.79 Å². The van der Waals surface area contributed by atoms with Crippen molar-refractivity contribution in [2.45, 2.75) is 50.6 Å². The lowest BCUT2D eigenvalue weighted by molar-refractivity contribution is 0.0851. The number of carbonyl (C=O) groups excluding carboxylic acids is 1. The lowest BCUT2D eigenvalue weighted by atomic mass is 9.77. The number of nitrogens with zero attached hydrogens (tertiary/aromatic N) is 3. The first kappa shape index (κ1) is 13.2. The molecular weight excluding hydrogens is 308 g/mol. The van der Waals surface area contributed by atoms with E-state index < -0.39 is 0 Å². The second kappa shape index (κ2) is 5.32. The monoisotopic (exact) mass is 326 g/mol. The maximum absolute atomic E-state index is 12.6. The molecule has 1 saturated heterocycles. The normalized spacial score (nSPS) is 30.9. The van der Waals surface area contributed by atoms with Crippen LogP contribution in [0, 0.1) is 5.92 Å². The second-order valence-corrected chi connectivity index (χ2v) is 6.42. The predicted molar refractivity (Wildman–Crippen MR) is 74.9 cm³/mol. The van der Waals surface area contributed by atoms with E-state index in [1.165, 1.54) is 25.7 Å². The third-order valence-electron chi connectivity index (χ3n) is 4.49. The lowest BCUT2D eigenvalue weighted by Gasteiger charge is -2.39. The molecule has 2 fully saturated rings. The number of halogens is 1. The Hall–Kier alpha value is -0.750. The van der Waals surface area contributed by atoms with Gasteiger partial charge in [0.25, 0.3) is 0 Å². The molecule has 1 saturated carbocycles. The highest BCUT2D eigenvalue weighted by atomic mass is 79.9. The van der Waals surface area contributed by atoms with Crippen molar-refractivity contribution in [3.63, 3.8) is 0 Å². The van der Waals surface area contributed by atoms with Crippen molar-refractivity contribution in [2.75, 3.05) is 0 Å². The first-order valence-electron chi connectivity index (χ1n) is 7.02. The molecule has 2 heterocycles. The largest absolute Gasteiger partial charge is 0.304 e. The Labute approximate surface area is 121 Å². The molecular formula is C13H19BrN4O. The molecule has 1 N–H and O–H groups in total. The summed E-state index contributed by atoms with van der Waals surface area (Å²) in [5.74, 6) is 0.884. The number of aromatic nitrogens is 3. The average Bonchev–Trinajstić information content (AvgIpc) is 2.77. The number of Topliss-reactive ketones (excluding diaryl/α,β-unsaturated/α-hetero) is 1. The van der Waals surface area contributed by atoms with E-state index >= 15 is 0 Å². The van der Waals surface area contributed by atoms with Gasteiger partial charge in [0.15, 0.2) is 4.60 Å². The van der Waals surface area contributed by atoms with E-state index in [1.807, 2.05) is 0 Å². The highest BCUT2D eigenvalue weighted by molar-refractivity contribution is 9.10. The molecule has 5 nitrogen and oxygen atoms in total.